The molecule has 4 aliphatic heterocycles. The van der Waals surface area contributed by atoms with E-state index in [4.69, 9.17) is 14.9 Å². The van der Waals surface area contributed by atoms with Crippen molar-refractivity contribution in [3.63, 3.8) is 0 Å². The van der Waals surface area contributed by atoms with Crippen molar-refractivity contribution in [2.75, 3.05) is 119 Å². The van der Waals surface area contributed by atoms with Gasteiger partial charge in [0.1, 0.15) is 0 Å². The first kappa shape index (κ1) is 98.7. The lowest BCUT2D eigenvalue weighted by molar-refractivity contribution is -0.0722. The lowest BCUT2D eigenvalue weighted by Crippen LogP contribution is -2.58. The number of rotatable bonds is 8. The summed E-state index contributed by atoms with van der Waals surface area (Å²) in [6.45, 7) is 89.0. The molecule has 0 radical (unpaired) electrons. The van der Waals surface area contributed by atoms with Crippen LogP contribution in [0.2, 0.25) is 0 Å². The van der Waals surface area contributed by atoms with Crippen LogP contribution >= 0.6 is 0 Å². The zero-order chi connectivity index (χ0) is 77.4. The summed E-state index contributed by atoms with van der Waals surface area (Å²) in [4.78, 5) is 14.6. The average molecular weight is 1410 g/mol. The first-order chi connectivity index (χ1) is 45.4. The molecule has 5 saturated carbocycles. The van der Waals surface area contributed by atoms with Gasteiger partial charge in [0, 0.05) is 110 Å². The van der Waals surface area contributed by atoms with E-state index in [0.29, 0.717) is 45.1 Å². The minimum absolute atomic E-state index is 0.0655. The maximum Gasteiger partial charge on any atom is 0.0794 e. The first-order valence-corrected chi connectivity index (χ1v) is 41.0. The van der Waals surface area contributed by atoms with Crippen LogP contribution in [0.15, 0.2) is 30.3 Å². The summed E-state index contributed by atoms with van der Waals surface area (Å²) in [7, 11) is 4.15. The number of ether oxygens (including phenoxy) is 1. The summed E-state index contributed by atoms with van der Waals surface area (Å²) < 4.78 is 5.25. The van der Waals surface area contributed by atoms with Crippen molar-refractivity contribution in [3.8, 4) is 0 Å². The standard InChI is InChI=1S/C15H26.C11H17N.C11H22.C9H20N2.C8H17NO.C8H17N.C8H19N.C7H15NO.C6H15NO.C5H13N/c1-14(2,3)10-15-7-11-4-12(8-15)6-13(5-11)9-15;1-11(2,3)12-9-10-7-5-4-6-8-10;1-11(2,3)9-10-7-5-4-6-8-10;1-9(2,3)11-7-5-10(4)6-8-11;1-8(2,3)9-4-6-10-7-5-9;1-8(2,3)9-6-4-5-7-9;1-6-9(7-2)8(3,4)5;1-7(2,3)8-4-6(9)5-8;1-6(2,3)7-4-5-8;1-5(2,3)6-4/h11-13H,4-10H2,1-3H3;4-8,12H,9H2,1-3H3;10H,4-9H2,1-3H3;5-8H2,1-4H3;4-7H2,1-3H3;4-7H2,1-3H3;6-7H2,1-5H3;6,9H,4-5H2,1-3H3;7-8H,4-5H2,1-3H3;6H,1-4H3. The van der Waals surface area contributed by atoms with Gasteiger partial charge < -0.3 is 35.8 Å². The van der Waals surface area contributed by atoms with E-state index >= 15 is 0 Å². The topological polar surface area (TPSA) is 105 Å². The van der Waals surface area contributed by atoms with Gasteiger partial charge in [0.15, 0.2) is 0 Å². The second kappa shape index (κ2) is 45.5. The van der Waals surface area contributed by atoms with E-state index in [0.717, 1.165) is 88.1 Å². The Kier molecular flexibility index (Phi) is 45.0. The quantitative estimate of drug-likeness (QED) is 0.171. The van der Waals surface area contributed by atoms with Crippen LogP contribution in [0, 0.1) is 39.9 Å². The molecule has 100 heavy (non-hydrogen) atoms. The third-order valence-corrected chi connectivity index (χ3v) is 20.9. The fourth-order valence-electron chi connectivity index (χ4n) is 15.6. The number of aliphatic hydroxyl groups excluding tert-OH is 2. The first-order valence-electron chi connectivity index (χ1n) is 41.0. The summed E-state index contributed by atoms with van der Waals surface area (Å²) >= 11 is 0. The van der Waals surface area contributed by atoms with Crippen LogP contribution in [0.3, 0.4) is 0 Å². The fraction of sp³-hybridized carbons (Fsp3) is 0.932. The lowest BCUT2D eigenvalue weighted by atomic mass is 9.47. The maximum absolute atomic E-state index is 8.94. The number of nitrogens with one attached hydrogen (secondary N) is 3. The van der Waals surface area contributed by atoms with Gasteiger partial charge in [0.05, 0.1) is 25.9 Å². The zero-order valence-corrected chi connectivity index (χ0v) is 73.9. The van der Waals surface area contributed by atoms with Crippen LogP contribution in [0.4, 0.5) is 0 Å². The Bertz CT molecular complexity index is 2090. The molecular weight excluding hydrogens is 1230 g/mol. The van der Waals surface area contributed by atoms with Crippen molar-refractivity contribution in [1.82, 2.24) is 45.3 Å². The Balaban J connectivity index is 0.00000110. The molecule has 0 unspecified atom stereocenters. The predicted octanol–water partition coefficient (Wildman–Crippen LogP) is 19.2. The van der Waals surface area contributed by atoms with E-state index in [1.807, 2.05) is 13.1 Å². The number of hydrogen-bond donors (Lipinski definition) is 5. The summed E-state index contributed by atoms with van der Waals surface area (Å²) in [6.07, 6.45) is 22.6. The second-order valence-corrected chi connectivity index (χ2v) is 42.1. The number of β-amino-alcohol motifs (C(OH)–C–C–N with tert-alkyl or cyclic N) is 2. The highest BCUT2D eigenvalue weighted by Crippen LogP contribution is 2.63. The molecule has 12 nitrogen and oxygen atoms in total. The number of likely N-dealkylation sites (tertiary alicyclic amines) is 2. The highest BCUT2D eigenvalue weighted by molar-refractivity contribution is 5.14. The molecule has 0 atom stereocenters. The third-order valence-electron chi connectivity index (χ3n) is 20.9. The van der Waals surface area contributed by atoms with Gasteiger partial charge >= 0.3 is 0 Å². The van der Waals surface area contributed by atoms with Gasteiger partial charge in [-0.1, -0.05) is 118 Å². The highest BCUT2D eigenvalue weighted by Gasteiger charge is 2.51. The molecule has 4 heterocycles. The number of piperazine rings is 1. The monoisotopic (exact) mass is 1410 g/mol. The van der Waals surface area contributed by atoms with Crippen LogP contribution < -0.4 is 16.0 Å². The Hall–Kier alpha value is -1.26. The Morgan fingerprint density at radius 1 is 0.490 bits per heavy atom. The summed E-state index contributed by atoms with van der Waals surface area (Å²) in [5.41, 5.74) is 5.57. The van der Waals surface area contributed by atoms with E-state index in [1.165, 1.54) is 103 Å². The Morgan fingerprint density at radius 2 is 0.880 bits per heavy atom. The Labute approximate surface area is 626 Å². The van der Waals surface area contributed by atoms with E-state index in [1.54, 1.807) is 38.5 Å². The highest BCUT2D eigenvalue weighted by atomic mass is 16.5. The summed E-state index contributed by atoms with van der Waals surface area (Å²) in [5.74, 6) is 4.42. The fourth-order valence-corrected chi connectivity index (χ4v) is 15.6. The molecule has 596 valence electrons. The van der Waals surface area contributed by atoms with Crippen LogP contribution in [0.5, 0.6) is 0 Å². The van der Waals surface area contributed by atoms with Gasteiger partial charge in [0.2, 0.25) is 0 Å². The molecule has 0 amide bonds. The smallest absolute Gasteiger partial charge is 0.0794 e. The number of hydrogen-bond acceptors (Lipinski definition) is 12. The molecule has 4 saturated heterocycles. The van der Waals surface area contributed by atoms with Gasteiger partial charge in [-0.25, -0.2) is 0 Å². The summed E-state index contributed by atoms with van der Waals surface area (Å²) in [6, 6.07) is 10.5. The van der Waals surface area contributed by atoms with Gasteiger partial charge in [-0.05, 0) is 316 Å². The SMILES string of the molecule is CC(C)(C)CC12CC3CC(CC(C3)C1)C2.CC(C)(C)CC1CCCCC1.CC(C)(C)N1CC(O)C1.CC(C)(C)N1CCCC1.CC(C)(C)N1CCOCC1.CC(C)(C)NCCO.CC(C)(C)NCc1ccccc1.CCN(CC)C(C)(C)C.CN1CCN(C(C)(C)C)CC1.CNC(C)(C)C. The van der Waals surface area contributed by atoms with Crippen LogP contribution in [-0.2, 0) is 11.3 Å². The molecule has 1 aromatic rings. The second-order valence-electron chi connectivity index (χ2n) is 42.1. The third kappa shape index (κ3) is 49.6. The average Bonchev–Trinajstić information content (AvgIpc) is 0.806. The molecular formula is C88H181N9O3. The molecule has 12 heteroatoms. The van der Waals surface area contributed by atoms with Gasteiger partial charge in [-0.15, -0.1) is 0 Å². The van der Waals surface area contributed by atoms with E-state index in [9.17, 15) is 0 Å². The molecule has 10 rings (SSSR count). The minimum atomic E-state index is -0.0655. The van der Waals surface area contributed by atoms with Crippen molar-refractivity contribution < 1.29 is 14.9 Å². The van der Waals surface area contributed by atoms with E-state index < -0.39 is 0 Å². The number of benzene rings is 1. The molecule has 9 aliphatic rings. The molecule has 1 aromatic carbocycles. The number of nitrogens with zero attached hydrogens (tertiary/aromatic N) is 6. The van der Waals surface area contributed by atoms with E-state index in [-0.39, 0.29) is 29.3 Å². The molecule has 5 aliphatic carbocycles. The van der Waals surface area contributed by atoms with Crippen LogP contribution in [0.25, 0.3) is 0 Å². The lowest BCUT2D eigenvalue weighted by Gasteiger charge is -2.58. The number of morpholine rings is 1. The summed E-state index contributed by atoms with van der Waals surface area (Å²) in [5, 5.41) is 27.0. The number of likely N-dealkylation sites (N-methyl/N-ethyl adjacent to an activating group) is 1. The normalized spacial score (nSPS) is 23.1. The van der Waals surface area contributed by atoms with Crippen molar-refractivity contribution in [2.45, 2.75) is 375 Å². The van der Waals surface area contributed by atoms with Gasteiger partial charge in [-0.3, -0.25) is 24.5 Å². The van der Waals surface area contributed by atoms with Crippen LogP contribution in [-0.4, -0.2) is 209 Å². The molecule has 4 bridgehead atoms. The predicted molar refractivity (Wildman–Crippen MR) is 444 cm³/mol. The molecule has 9 fully saturated rings. The zero-order valence-electron chi connectivity index (χ0n) is 73.9. The largest absolute Gasteiger partial charge is 0.395 e. The van der Waals surface area contributed by atoms with Crippen molar-refractivity contribution >= 4 is 0 Å². The van der Waals surface area contributed by atoms with Gasteiger partial charge in [0.25, 0.3) is 0 Å². The van der Waals surface area contributed by atoms with E-state index in [2.05, 4.69) is 298 Å². The molecule has 5 N–H and O–H groups in total. The maximum atomic E-state index is 8.94. The number of aliphatic hydroxyl groups is 2. The molecule has 0 aromatic heterocycles. The van der Waals surface area contributed by atoms with Crippen molar-refractivity contribution in [3.05, 3.63) is 35.9 Å². The van der Waals surface area contributed by atoms with Crippen molar-refractivity contribution in [1.29, 1.82) is 0 Å². The van der Waals surface area contributed by atoms with Gasteiger partial charge in [-0.2, -0.15) is 0 Å². The van der Waals surface area contributed by atoms with Crippen LogP contribution in [0.1, 0.15) is 323 Å². The molecule has 0 spiro atoms. The van der Waals surface area contributed by atoms with Crippen molar-refractivity contribution in [2.24, 2.45) is 39.9 Å². The minimum Gasteiger partial charge on any atom is -0.395 e. The Morgan fingerprint density at radius 3 is 1.15 bits per heavy atom.